The van der Waals surface area contributed by atoms with E-state index in [0.717, 1.165) is 44.8 Å². The molecule has 2 fully saturated rings. The number of hydrogen-bond donors (Lipinski definition) is 0. The van der Waals surface area contributed by atoms with Gasteiger partial charge in [-0.05, 0) is 86.0 Å². The summed E-state index contributed by atoms with van der Waals surface area (Å²) in [7, 11) is 3.91. The van der Waals surface area contributed by atoms with Crippen molar-refractivity contribution in [3.8, 4) is 0 Å². The molecule has 0 N–H and O–H groups in total. The van der Waals surface area contributed by atoms with E-state index in [4.69, 9.17) is 4.74 Å². The van der Waals surface area contributed by atoms with E-state index in [0.29, 0.717) is 18.6 Å². The maximum absolute atomic E-state index is 11.5. The molecule has 39 heavy (non-hydrogen) atoms. The highest BCUT2D eigenvalue weighted by Crippen LogP contribution is 2.15. The number of hydrogen-bond acceptors (Lipinski definition) is 5. The lowest BCUT2D eigenvalue weighted by Gasteiger charge is -2.26. The van der Waals surface area contributed by atoms with Crippen LogP contribution in [0.3, 0.4) is 0 Å². The fourth-order valence-electron chi connectivity index (χ4n) is 3.77. The third-order valence-electron chi connectivity index (χ3n) is 6.89. The summed E-state index contributed by atoms with van der Waals surface area (Å²) >= 11 is 0. The maximum atomic E-state index is 11.5. The van der Waals surface area contributed by atoms with Gasteiger partial charge in [-0.2, -0.15) is 0 Å². The number of likely N-dealkylation sites (tertiary alicyclic amines) is 2. The second kappa shape index (κ2) is 33.1. The van der Waals surface area contributed by atoms with Crippen LogP contribution in [0.5, 0.6) is 0 Å². The third-order valence-corrected chi connectivity index (χ3v) is 6.89. The first-order valence-electron chi connectivity index (χ1n) is 13.5. The van der Waals surface area contributed by atoms with Crippen molar-refractivity contribution in [2.45, 2.75) is 156 Å². The monoisotopic (exact) mass is 566 g/mol. The van der Waals surface area contributed by atoms with Crippen LogP contribution in [0.15, 0.2) is 0 Å². The van der Waals surface area contributed by atoms with E-state index < -0.39 is 0 Å². The van der Waals surface area contributed by atoms with Crippen LogP contribution < -0.4 is 0 Å². The van der Waals surface area contributed by atoms with Crippen LogP contribution >= 0.6 is 0 Å². The zero-order valence-electron chi connectivity index (χ0n) is 23.2. The molecule has 0 aromatic heterocycles. The first kappa shape index (κ1) is 54.0. The quantitative estimate of drug-likeness (QED) is 0.261. The van der Waals surface area contributed by atoms with Crippen LogP contribution in [0.2, 0.25) is 0 Å². The Labute approximate surface area is 249 Å². The standard InChI is InChI=1S/C10H19NO.C9H19NO2.C8H17N.6CH4/c1-3-9(2)11-8-6-4-5-7-10(11)12;1-5-8(2)9(11)12-7-6-10(3)4;1-3-8(2)9-6-4-5-7-9;;;;;;/h9H,3-8H2,1-2H3;8H,5-7H2,1-4H3;8H,3-7H2,1-2H3;6*1H4. The van der Waals surface area contributed by atoms with Gasteiger partial charge in [0.1, 0.15) is 6.61 Å². The van der Waals surface area contributed by atoms with Gasteiger partial charge in [0.25, 0.3) is 0 Å². The second-order valence-corrected chi connectivity index (χ2v) is 9.94. The minimum absolute atomic E-state index is 0. The fourth-order valence-corrected chi connectivity index (χ4v) is 3.77. The predicted octanol–water partition coefficient (Wildman–Crippen LogP) is 9.02. The van der Waals surface area contributed by atoms with E-state index in [9.17, 15) is 9.59 Å². The lowest BCUT2D eigenvalue weighted by molar-refractivity contribution is -0.148. The SMILES string of the molecule is C.C.C.C.C.C.CCC(C)C(=O)OCCN(C)C.CCC(C)N1CCCC1.CCC(C)N1CCCCCC1=O. The first-order valence-corrected chi connectivity index (χ1v) is 13.5. The molecule has 0 radical (unpaired) electrons. The Morgan fingerprint density at radius 1 is 0.769 bits per heavy atom. The van der Waals surface area contributed by atoms with E-state index >= 15 is 0 Å². The average Bonchev–Trinajstić information content (AvgIpc) is 3.26. The Hall–Kier alpha value is -1.14. The number of likely N-dealkylation sites (N-methyl/N-ethyl adjacent to an activating group) is 1. The van der Waals surface area contributed by atoms with Gasteiger partial charge in [-0.15, -0.1) is 0 Å². The molecule has 6 nitrogen and oxygen atoms in total. The molecule has 2 aliphatic heterocycles. The van der Waals surface area contributed by atoms with Gasteiger partial charge in [0, 0.05) is 31.6 Å². The van der Waals surface area contributed by atoms with Crippen molar-refractivity contribution in [1.29, 1.82) is 0 Å². The van der Waals surface area contributed by atoms with E-state index in [1.807, 2.05) is 37.7 Å². The number of rotatable bonds is 9. The van der Waals surface area contributed by atoms with Crippen molar-refractivity contribution in [2.75, 3.05) is 46.9 Å². The topological polar surface area (TPSA) is 53.1 Å². The molecular formula is C33H79N3O3. The Morgan fingerprint density at radius 2 is 1.26 bits per heavy atom. The molecule has 0 aromatic carbocycles. The van der Waals surface area contributed by atoms with Crippen molar-refractivity contribution in [3.63, 3.8) is 0 Å². The fraction of sp³-hybridized carbons (Fsp3) is 0.939. The van der Waals surface area contributed by atoms with Crippen LogP contribution in [-0.2, 0) is 14.3 Å². The highest BCUT2D eigenvalue weighted by atomic mass is 16.5. The Bertz CT molecular complexity index is 508. The van der Waals surface area contributed by atoms with E-state index in [1.54, 1.807) is 0 Å². The molecule has 0 spiro atoms. The summed E-state index contributed by atoms with van der Waals surface area (Å²) in [6.45, 7) is 17.7. The zero-order chi connectivity index (χ0) is 25.2. The number of amides is 1. The summed E-state index contributed by atoms with van der Waals surface area (Å²) in [6.07, 6.45) is 10.3. The Morgan fingerprint density at radius 3 is 1.69 bits per heavy atom. The van der Waals surface area contributed by atoms with Gasteiger partial charge in [0.15, 0.2) is 0 Å². The van der Waals surface area contributed by atoms with Gasteiger partial charge in [0.2, 0.25) is 5.91 Å². The van der Waals surface area contributed by atoms with Crippen molar-refractivity contribution in [1.82, 2.24) is 14.7 Å². The van der Waals surface area contributed by atoms with E-state index in [2.05, 4.69) is 32.6 Å². The molecule has 3 atom stereocenters. The predicted molar refractivity (Wildman–Crippen MR) is 180 cm³/mol. The van der Waals surface area contributed by atoms with Gasteiger partial charge in [-0.3, -0.25) is 9.59 Å². The second-order valence-electron chi connectivity index (χ2n) is 9.94. The summed E-state index contributed by atoms with van der Waals surface area (Å²) in [5.74, 6) is 0.313. The van der Waals surface area contributed by atoms with Gasteiger partial charge in [-0.25, -0.2) is 0 Å². The molecule has 244 valence electrons. The lowest BCUT2D eigenvalue weighted by Crippen LogP contribution is -2.37. The smallest absolute Gasteiger partial charge is 0.308 e. The molecule has 0 saturated carbocycles. The van der Waals surface area contributed by atoms with Crippen LogP contribution in [0.25, 0.3) is 0 Å². The lowest BCUT2D eigenvalue weighted by atomic mass is 10.1. The first-order chi connectivity index (χ1) is 15.7. The molecule has 6 heteroatoms. The van der Waals surface area contributed by atoms with Gasteiger partial charge in [0.05, 0.1) is 5.92 Å². The molecule has 2 saturated heterocycles. The van der Waals surface area contributed by atoms with Gasteiger partial charge in [-0.1, -0.05) is 78.7 Å². The maximum Gasteiger partial charge on any atom is 0.308 e. The Kier molecular flexibility index (Phi) is 45.8. The summed E-state index contributed by atoms with van der Waals surface area (Å²) in [5, 5.41) is 0. The largest absolute Gasteiger partial charge is 0.464 e. The number of nitrogens with zero attached hydrogens (tertiary/aromatic N) is 3. The van der Waals surface area contributed by atoms with Crippen molar-refractivity contribution < 1.29 is 14.3 Å². The molecular weight excluding hydrogens is 486 g/mol. The van der Waals surface area contributed by atoms with E-state index in [-0.39, 0.29) is 56.4 Å². The van der Waals surface area contributed by atoms with Crippen LogP contribution in [-0.4, -0.2) is 85.5 Å². The highest BCUT2D eigenvalue weighted by molar-refractivity contribution is 5.76. The van der Waals surface area contributed by atoms with Crippen molar-refractivity contribution >= 4 is 11.9 Å². The molecule has 3 unspecified atom stereocenters. The zero-order valence-corrected chi connectivity index (χ0v) is 23.2. The van der Waals surface area contributed by atoms with Crippen molar-refractivity contribution in [2.24, 2.45) is 5.92 Å². The molecule has 0 aliphatic carbocycles. The average molecular weight is 566 g/mol. The number of esters is 1. The van der Waals surface area contributed by atoms with E-state index in [1.165, 1.54) is 45.2 Å². The minimum atomic E-state index is -0.0839. The van der Waals surface area contributed by atoms with Gasteiger partial charge < -0.3 is 19.4 Å². The van der Waals surface area contributed by atoms with Crippen molar-refractivity contribution in [3.05, 3.63) is 0 Å². The number of carbonyl (C=O) groups is 2. The summed E-state index contributed by atoms with van der Waals surface area (Å²) in [4.78, 5) is 29.3. The van der Waals surface area contributed by atoms with Gasteiger partial charge >= 0.3 is 5.97 Å². The molecule has 1 amide bonds. The Balaban J connectivity index is -0.0000000737. The normalized spacial score (nSPS) is 16.5. The molecule has 2 rings (SSSR count). The molecule has 2 aliphatic rings. The minimum Gasteiger partial charge on any atom is -0.464 e. The number of carbonyl (C=O) groups excluding carboxylic acids is 2. The van der Waals surface area contributed by atoms with Crippen LogP contribution in [0.1, 0.15) is 144 Å². The van der Waals surface area contributed by atoms with Crippen LogP contribution in [0, 0.1) is 5.92 Å². The highest BCUT2D eigenvalue weighted by Gasteiger charge is 2.20. The third kappa shape index (κ3) is 25.6. The molecule has 0 aromatic rings. The summed E-state index contributed by atoms with van der Waals surface area (Å²) < 4.78 is 5.02. The molecule has 2 heterocycles. The summed E-state index contributed by atoms with van der Waals surface area (Å²) in [5.41, 5.74) is 0. The van der Waals surface area contributed by atoms with Crippen LogP contribution in [0.4, 0.5) is 0 Å². The number of ether oxygens (including phenoxy) is 1. The molecule has 0 bridgehead atoms. The summed E-state index contributed by atoms with van der Waals surface area (Å²) in [6, 6.07) is 1.27.